The molecular formula is C53H63N7O10S. The second kappa shape index (κ2) is 18.6. The van der Waals surface area contributed by atoms with Crippen LogP contribution in [-0.4, -0.2) is 109 Å². The Hall–Kier alpha value is -5.95. The molecule has 2 saturated carbocycles. The highest BCUT2D eigenvalue weighted by Gasteiger charge is 2.49. The number of nitrogens with one attached hydrogen (secondary N) is 3. The van der Waals surface area contributed by atoms with Gasteiger partial charge in [0.05, 0.1) is 40.2 Å². The maximum atomic E-state index is 14.4. The van der Waals surface area contributed by atoms with Gasteiger partial charge in [0.15, 0.2) is 17.2 Å². The summed E-state index contributed by atoms with van der Waals surface area (Å²) in [7, 11) is -4.72. The molecule has 3 aromatic carbocycles. The normalized spacial score (nSPS) is 25.5. The van der Waals surface area contributed by atoms with Crippen molar-refractivity contribution in [2.24, 2.45) is 11.3 Å². The summed E-state index contributed by atoms with van der Waals surface area (Å²) in [6.07, 6.45) is 9.80. The molecule has 2 aromatic heterocycles. The fraction of sp³-hybridized carbons (Fsp3) is 0.509. The fourth-order valence-corrected chi connectivity index (χ4v) is 13.1. The third-order valence-electron chi connectivity index (χ3n) is 16.2. The number of benzene rings is 3. The number of aromatic amines is 1. The molecule has 2 aliphatic carbocycles. The maximum absolute atomic E-state index is 14.4. The van der Waals surface area contributed by atoms with Crippen LogP contribution in [0.3, 0.4) is 0 Å². The number of pyridine rings is 1. The van der Waals surface area contributed by atoms with Crippen molar-refractivity contribution in [1.82, 2.24) is 19.6 Å². The number of nitro benzene ring substituents is 1. The predicted molar refractivity (Wildman–Crippen MR) is 267 cm³/mol. The van der Waals surface area contributed by atoms with Gasteiger partial charge in [-0.25, -0.2) is 13.1 Å². The zero-order valence-electron chi connectivity index (χ0n) is 40.5. The number of carbonyl (C=O) groups excluding carboxylic acids is 1. The molecule has 376 valence electrons. The van der Waals surface area contributed by atoms with E-state index in [0.29, 0.717) is 62.4 Å². The molecule has 17 nitrogen and oxygen atoms in total. The van der Waals surface area contributed by atoms with E-state index in [0.717, 1.165) is 56.2 Å². The van der Waals surface area contributed by atoms with Gasteiger partial charge in [0.1, 0.15) is 24.1 Å². The number of amides is 1. The van der Waals surface area contributed by atoms with Crippen molar-refractivity contribution in [3.8, 4) is 23.1 Å². The van der Waals surface area contributed by atoms with Crippen LogP contribution < -0.4 is 29.1 Å². The molecule has 4 aliphatic heterocycles. The van der Waals surface area contributed by atoms with Gasteiger partial charge in [-0.2, -0.15) is 4.98 Å². The van der Waals surface area contributed by atoms with Crippen LogP contribution in [0.15, 0.2) is 77.8 Å². The molecule has 3 saturated heterocycles. The van der Waals surface area contributed by atoms with E-state index >= 15 is 0 Å². The largest absolute Gasteiger partial charge is 0.489 e. The minimum Gasteiger partial charge on any atom is -0.489 e. The molecule has 5 aromatic rings. The summed E-state index contributed by atoms with van der Waals surface area (Å²) >= 11 is 0. The van der Waals surface area contributed by atoms with E-state index in [4.69, 9.17) is 18.9 Å². The summed E-state index contributed by atoms with van der Waals surface area (Å²) in [6.45, 7) is 11.0. The van der Waals surface area contributed by atoms with E-state index in [2.05, 4.69) is 67.9 Å². The Morgan fingerprint density at radius 3 is 2.48 bits per heavy atom. The number of nitro groups is 1. The van der Waals surface area contributed by atoms with Crippen LogP contribution in [0.5, 0.6) is 23.1 Å². The fourth-order valence-electron chi connectivity index (χ4n) is 12.1. The molecule has 18 heteroatoms. The van der Waals surface area contributed by atoms with Crippen molar-refractivity contribution in [2.45, 2.75) is 119 Å². The van der Waals surface area contributed by atoms with Crippen molar-refractivity contribution in [3.05, 3.63) is 99.7 Å². The minimum absolute atomic E-state index is 0.00967. The summed E-state index contributed by atoms with van der Waals surface area (Å²) in [5.74, 6) is 0.599. The Kier molecular flexibility index (Phi) is 12.4. The number of aromatic nitrogens is 2. The number of fused-ring (bicyclic) bond motifs is 2. The summed E-state index contributed by atoms with van der Waals surface area (Å²) in [5.41, 5.74) is 3.33. The third kappa shape index (κ3) is 9.39. The Balaban J connectivity index is 0.837. The number of rotatable bonds is 13. The smallest absolute Gasteiger partial charge is 0.297 e. The second-order valence-electron chi connectivity index (χ2n) is 21.5. The Morgan fingerprint density at radius 1 is 0.972 bits per heavy atom. The molecule has 4 N–H and O–H groups in total. The van der Waals surface area contributed by atoms with Gasteiger partial charge in [-0.15, -0.1) is 0 Å². The molecule has 6 aliphatic rings. The monoisotopic (exact) mass is 989 g/mol. The molecule has 5 fully saturated rings. The van der Waals surface area contributed by atoms with Crippen molar-refractivity contribution < 1.29 is 42.2 Å². The molecule has 1 spiro atoms. The SMILES string of the molecule is CC(C)c1ccccc1[C@H]1CCC[C@H]1N1CC2(CCN(c3ccc(C(=O)NS(=O)(=O)c4cc5c(c([N+](=O)[O-])c4)N[C@@H]([C@H]4CC[C@](C)(O)CC4)CO5)c(Oc4cc5cc[nH]c5nc4OC4COC4)c3)CC2)C1. The third-order valence-corrected chi connectivity index (χ3v) is 17.5. The summed E-state index contributed by atoms with van der Waals surface area (Å²) in [6, 6.07) is 20.1. The number of anilines is 2. The Labute approximate surface area is 413 Å². The van der Waals surface area contributed by atoms with Gasteiger partial charge in [-0.1, -0.05) is 44.5 Å². The van der Waals surface area contributed by atoms with Gasteiger partial charge in [-0.3, -0.25) is 19.8 Å². The molecule has 11 rings (SSSR count). The summed E-state index contributed by atoms with van der Waals surface area (Å²) in [4.78, 5) is 38.5. The highest BCUT2D eigenvalue weighted by atomic mass is 32.2. The first kappa shape index (κ1) is 47.4. The number of likely N-dealkylation sites (tertiary alicyclic amines) is 1. The standard InChI is InChI=1S/C53H63N7O10S/c1-32(2)38-7-4-5-8-39(38)40-9-6-10-43(40)59-30-53(31-59)18-21-58(22-19-53)35-11-12-41(45(24-35)70-47-23-34-15-20-54-49(34)56-51(47)69-36-27-67-28-36)50(61)57-71(65,66)37-25-44(60(63)64)48-46(26-37)68-29-42(55-48)33-13-16-52(3,62)17-14-33/h4-5,7-8,11-12,15,20,23-26,32-33,36,40,42-43,55,62H,6,9-10,13-14,16-19,21-22,27-31H2,1-3H3,(H,54,56)(H,57,61)/t33-,40-,42-,43-,52-/m1/s1. The highest BCUT2D eigenvalue weighted by Crippen LogP contribution is 2.50. The van der Waals surface area contributed by atoms with Crippen molar-refractivity contribution >= 4 is 44.0 Å². The topological polar surface area (TPSA) is 211 Å². The number of H-pyrrole nitrogens is 1. The number of ether oxygens (including phenoxy) is 4. The van der Waals surface area contributed by atoms with E-state index in [-0.39, 0.29) is 64.5 Å². The van der Waals surface area contributed by atoms with E-state index in [1.807, 2.05) is 6.07 Å². The van der Waals surface area contributed by atoms with Gasteiger partial charge in [-0.05, 0) is 117 Å². The van der Waals surface area contributed by atoms with Gasteiger partial charge in [0.25, 0.3) is 27.5 Å². The van der Waals surface area contributed by atoms with Crippen molar-refractivity contribution in [1.29, 1.82) is 0 Å². The lowest BCUT2D eigenvalue weighted by Crippen LogP contribution is -2.63. The number of nitrogens with zero attached hydrogens (tertiary/aromatic N) is 4. The molecule has 3 atom stereocenters. The average Bonchev–Trinajstić information content (AvgIpc) is 4.01. The second-order valence-corrected chi connectivity index (χ2v) is 23.1. The average molecular weight is 990 g/mol. The number of sulfonamides is 1. The van der Waals surface area contributed by atoms with Crippen LogP contribution in [0.2, 0.25) is 0 Å². The van der Waals surface area contributed by atoms with Crippen LogP contribution in [0.25, 0.3) is 11.0 Å². The molecule has 71 heavy (non-hydrogen) atoms. The lowest BCUT2D eigenvalue weighted by atomic mass is 9.70. The molecule has 1 amide bonds. The number of hydrogen-bond acceptors (Lipinski definition) is 14. The first-order valence-corrected chi connectivity index (χ1v) is 26.7. The predicted octanol–water partition coefficient (Wildman–Crippen LogP) is 8.64. The van der Waals surface area contributed by atoms with E-state index in [1.54, 1.807) is 37.4 Å². The zero-order chi connectivity index (χ0) is 49.2. The van der Waals surface area contributed by atoms with Crippen LogP contribution >= 0.6 is 0 Å². The molecule has 6 heterocycles. The number of carbonyl (C=O) groups is 1. The molecule has 0 unspecified atom stereocenters. The number of aliphatic hydroxyl groups is 1. The molecular weight excluding hydrogens is 927 g/mol. The quantitative estimate of drug-likeness (QED) is 0.0643. The van der Waals surface area contributed by atoms with Crippen molar-refractivity contribution in [3.63, 3.8) is 0 Å². The number of hydrogen-bond donors (Lipinski definition) is 4. The first-order valence-electron chi connectivity index (χ1n) is 25.2. The molecule has 0 bridgehead atoms. The molecule has 0 radical (unpaired) electrons. The van der Waals surface area contributed by atoms with Crippen LogP contribution in [-0.2, 0) is 14.8 Å². The van der Waals surface area contributed by atoms with Crippen molar-refractivity contribution in [2.75, 3.05) is 56.2 Å². The van der Waals surface area contributed by atoms with E-state index in [1.165, 1.54) is 36.5 Å². The van der Waals surface area contributed by atoms with Gasteiger partial charge in [0.2, 0.25) is 0 Å². The van der Waals surface area contributed by atoms with Crippen LogP contribution in [0, 0.1) is 21.4 Å². The van der Waals surface area contributed by atoms with Gasteiger partial charge in [0, 0.05) is 67.7 Å². The Morgan fingerprint density at radius 2 is 1.75 bits per heavy atom. The summed E-state index contributed by atoms with van der Waals surface area (Å²) in [5, 5.41) is 26.9. The van der Waals surface area contributed by atoms with E-state index in [9.17, 15) is 28.4 Å². The van der Waals surface area contributed by atoms with Crippen LogP contribution in [0.4, 0.5) is 17.1 Å². The lowest BCUT2D eigenvalue weighted by Gasteiger charge is -2.57. The van der Waals surface area contributed by atoms with Gasteiger partial charge < -0.3 is 39.3 Å². The Bertz CT molecular complexity index is 2950. The first-order chi connectivity index (χ1) is 34.1. The highest BCUT2D eigenvalue weighted by molar-refractivity contribution is 7.90. The zero-order valence-corrected chi connectivity index (χ0v) is 41.3. The maximum Gasteiger partial charge on any atom is 0.297 e. The lowest BCUT2D eigenvalue weighted by molar-refractivity contribution is -0.384. The minimum atomic E-state index is -4.72. The van der Waals surface area contributed by atoms with E-state index < -0.39 is 37.0 Å². The number of piperidine rings is 1. The van der Waals surface area contributed by atoms with Crippen LogP contribution in [0.1, 0.15) is 112 Å². The summed E-state index contributed by atoms with van der Waals surface area (Å²) < 4.78 is 54.6. The van der Waals surface area contributed by atoms with Gasteiger partial charge >= 0.3 is 0 Å².